The normalized spacial score (nSPS) is 15.9. The highest BCUT2D eigenvalue weighted by molar-refractivity contribution is 5.94. The van der Waals surface area contributed by atoms with Crippen molar-refractivity contribution in [2.45, 2.75) is 25.8 Å². The average molecular weight is 300 g/mol. The molecule has 0 aliphatic carbocycles. The van der Waals surface area contributed by atoms with Crippen LogP contribution in [0, 0.1) is 17.5 Å². The first kappa shape index (κ1) is 15.3. The lowest BCUT2D eigenvalue weighted by atomic mass is 10.0. The largest absolute Gasteiger partial charge is 0.353 e. The summed E-state index contributed by atoms with van der Waals surface area (Å²) in [5.41, 5.74) is -0.480. The summed E-state index contributed by atoms with van der Waals surface area (Å²) in [5.74, 6) is -5.26. The van der Waals surface area contributed by atoms with Gasteiger partial charge in [-0.25, -0.2) is 13.2 Å². The van der Waals surface area contributed by atoms with Gasteiger partial charge in [0.2, 0.25) is 5.91 Å². The first-order valence-corrected chi connectivity index (χ1v) is 6.60. The number of benzene rings is 1. The zero-order valence-corrected chi connectivity index (χ0v) is 11.5. The number of carbonyl (C=O) groups is 2. The predicted molar refractivity (Wildman–Crippen MR) is 69.1 cm³/mol. The SMILES string of the molecule is CC(=O)NC1CCN(C(=O)c2ccc(F)c(F)c2F)CC1. The molecule has 1 aromatic carbocycles. The number of hydrogen-bond acceptors (Lipinski definition) is 2. The van der Waals surface area contributed by atoms with Crippen LogP contribution in [0.15, 0.2) is 12.1 Å². The molecule has 1 heterocycles. The van der Waals surface area contributed by atoms with Crippen LogP contribution in [0.1, 0.15) is 30.1 Å². The Morgan fingerprint density at radius 3 is 2.33 bits per heavy atom. The number of piperidine rings is 1. The Bertz CT molecular complexity index is 570. The van der Waals surface area contributed by atoms with Crippen molar-refractivity contribution >= 4 is 11.8 Å². The molecule has 0 atom stereocenters. The van der Waals surface area contributed by atoms with Gasteiger partial charge in [-0.2, -0.15) is 0 Å². The first-order chi connectivity index (χ1) is 9.90. The molecule has 1 saturated heterocycles. The van der Waals surface area contributed by atoms with Crippen LogP contribution >= 0.6 is 0 Å². The molecule has 21 heavy (non-hydrogen) atoms. The third-order valence-corrected chi connectivity index (χ3v) is 3.46. The zero-order chi connectivity index (χ0) is 15.6. The number of hydrogen-bond donors (Lipinski definition) is 1. The fourth-order valence-corrected chi connectivity index (χ4v) is 2.38. The Morgan fingerprint density at radius 1 is 1.14 bits per heavy atom. The summed E-state index contributed by atoms with van der Waals surface area (Å²) in [6.45, 7) is 2.05. The monoisotopic (exact) mass is 300 g/mol. The van der Waals surface area contributed by atoms with Crippen molar-refractivity contribution in [2.24, 2.45) is 0 Å². The molecule has 0 spiro atoms. The van der Waals surface area contributed by atoms with Gasteiger partial charge in [0, 0.05) is 26.1 Å². The second-order valence-electron chi connectivity index (χ2n) is 4.99. The summed E-state index contributed by atoms with van der Waals surface area (Å²) in [5, 5.41) is 2.75. The molecule has 1 aliphatic heterocycles. The molecule has 1 aromatic rings. The highest BCUT2D eigenvalue weighted by Gasteiger charge is 2.27. The van der Waals surface area contributed by atoms with Crippen LogP contribution in [0.2, 0.25) is 0 Å². The lowest BCUT2D eigenvalue weighted by Gasteiger charge is -2.32. The van der Waals surface area contributed by atoms with E-state index in [1.807, 2.05) is 0 Å². The Kier molecular flexibility index (Phi) is 4.50. The van der Waals surface area contributed by atoms with Crippen molar-refractivity contribution in [1.82, 2.24) is 10.2 Å². The number of carbonyl (C=O) groups excluding carboxylic acids is 2. The van der Waals surface area contributed by atoms with Crippen LogP contribution in [-0.4, -0.2) is 35.8 Å². The molecular weight excluding hydrogens is 285 g/mol. The molecule has 0 bridgehead atoms. The van der Waals surface area contributed by atoms with Gasteiger partial charge in [-0.1, -0.05) is 0 Å². The maximum absolute atomic E-state index is 13.6. The number of rotatable bonds is 2. The molecule has 0 saturated carbocycles. The van der Waals surface area contributed by atoms with Crippen molar-refractivity contribution in [3.63, 3.8) is 0 Å². The molecule has 4 nitrogen and oxygen atoms in total. The van der Waals surface area contributed by atoms with E-state index in [4.69, 9.17) is 0 Å². The summed E-state index contributed by atoms with van der Waals surface area (Å²) in [6.07, 6.45) is 1.08. The molecule has 0 radical (unpaired) electrons. The number of halogens is 3. The van der Waals surface area contributed by atoms with Gasteiger partial charge in [-0.15, -0.1) is 0 Å². The maximum atomic E-state index is 13.6. The quantitative estimate of drug-likeness (QED) is 0.847. The molecule has 0 aromatic heterocycles. The molecule has 2 rings (SSSR count). The molecule has 114 valence electrons. The van der Waals surface area contributed by atoms with Crippen molar-refractivity contribution in [3.05, 3.63) is 35.1 Å². The number of likely N-dealkylation sites (tertiary alicyclic amines) is 1. The summed E-state index contributed by atoms with van der Waals surface area (Å²) < 4.78 is 39.6. The van der Waals surface area contributed by atoms with Crippen LogP contribution in [0.25, 0.3) is 0 Å². The van der Waals surface area contributed by atoms with E-state index in [0.29, 0.717) is 25.9 Å². The smallest absolute Gasteiger partial charge is 0.256 e. The zero-order valence-electron chi connectivity index (χ0n) is 11.5. The molecule has 0 unspecified atom stereocenters. The highest BCUT2D eigenvalue weighted by Crippen LogP contribution is 2.19. The summed E-state index contributed by atoms with van der Waals surface area (Å²) in [6, 6.07) is 1.65. The summed E-state index contributed by atoms with van der Waals surface area (Å²) in [4.78, 5) is 24.4. The van der Waals surface area contributed by atoms with Gasteiger partial charge >= 0.3 is 0 Å². The van der Waals surface area contributed by atoms with Crippen molar-refractivity contribution in [3.8, 4) is 0 Å². The van der Waals surface area contributed by atoms with E-state index in [-0.39, 0.29) is 11.9 Å². The Balaban J connectivity index is 2.06. The molecule has 2 amide bonds. The molecular formula is C14H15F3N2O2. The van der Waals surface area contributed by atoms with E-state index in [9.17, 15) is 22.8 Å². The first-order valence-electron chi connectivity index (χ1n) is 6.60. The average Bonchev–Trinajstić information content (AvgIpc) is 2.44. The van der Waals surface area contributed by atoms with Gasteiger partial charge in [-0.05, 0) is 25.0 Å². The lowest BCUT2D eigenvalue weighted by Crippen LogP contribution is -2.46. The second-order valence-corrected chi connectivity index (χ2v) is 4.99. The van der Waals surface area contributed by atoms with Crippen LogP contribution in [0.4, 0.5) is 13.2 Å². The fourth-order valence-electron chi connectivity index (χ4n) is 2.38. The Morgan fingerprint density at radius 2 is 1.76 bits per heavy atom. The van der Waals surface area contributed by atoms with E-state index in [0.717, 1.165) is 12.1 Å². The van der Waals surface area contributed by atoms with Gasteiger partial charge < -0.3 is 10.2 Å². The van der Waals surface area contributed by atoms with Crippen molar-refractivity contribution < 1.29 is 22.8 Å². The van der Waals surface area contributed by atoms with Crippen molar-refractivity contribution in [2.75, 3.05) is 13.1 Å². The number of nitrogens with one attached hydrogen (secondary N) is 1. The van der Waals surface area contributed by atoms with Gasteiger partial charge in [0.25, 0.3) is 5.91 Å². The lowest BCUT2D eigenvalue weighted by molar-refractivity contribution is -0.119. The van der Waals surface area contributed by atoms with Crippen molar-refractivity contribution in [1.29, 1.82) is 0 Å². The molecule has 1 fully saturated rings. The summed E-state index contributed by atoms with van der Waals surface area (Å²) in [7, 11) is 0. The topological polar surface area (TPSA) is 49.4 Å². The standard InChI is InChI=1S/C14H15F3N2O2/c1-8(20)18-9-4-6-19(7-5-9)14(21)10-2-3-11(15)13(17)12(10)16/h2-3,9H,4-7H2,1H3,(H,18,20). The van der Waals surface area contributed by atoms with Crippen LogP contribution in [-0.2, 0) is 4.79 Å². The van der Waals surface area contributed by atoms with Gasteiger partial charge in [0.15, 0.2) is 17.5 Å². The predicted octanol–water partition coefficient (Wildman–Crippen LogP) is 1.84. The third kappa shape index (κ3) is 3.34. The van der Waals surface area contributed by atoms with Crippen LogP contribution in [0.3, 0.4) is 0 Å². The maximum Gasteiger partial charge on any atom is 0.256 e. The second kappa shape index (κ2) is 6.15. The van der Waals surface area contributed by atoms with Crippen LogP contribution in [0.5, 0.6) is 0 Å². The number of amides is 2. The minimum absolute atomic E-state index is 0.0265. The Labute approximate surface area is 119 Å². The van der Waals surface area contributed by atoms with E-state index in [1.54, 1.807) is 0 Å². The molecule has 1 N–H and O–H groups in total. The fraction of sp³-hybridized carbons (Fsp3) is 0.429. The van der Waals surface area contributed by atoms with E-state index < -0.39 is 28.9 Å². The molecule has 7 heteroatoms. The molecule has 1 aliphatic rings. The van der Waals surface area contributed by atoms with E-state index >= 15 is 0 Å². The summed E-state index contributed by atoms with van der Waals surface area (Å²) >= 11 is 0. The van der Waals surface area contributed by atoms with E-state index in [2.05, 4.69) is 5.32 Å². The van der Waals surface area contributed by atoms with Gasteiger partial charge in [0.05, 0.1) is 5.56 Å². The minimum Gasteiger partial charge on any atom is -0.353 e. The Hall–Kier alpha value is -2.05. The van der Waals surface area contributed by atoms with Crippen LogP contribution < -0.4 is 5.32 Å². The van der Waals surface area contributed by atoms with Gasteiger partial charge in [0.1, 0.15) is 0 Å². The van der Waals surface area contributed by atoms with Gasteiger partial charge in [-0.3, -0.25) is 9.59 Å². The highest BCUT2D eigenvalue weighted by atomic mass is 19.2. The van der Waals surface area contributed by atoms with E-state index in [1.165, 1.54) is 11.8 Å². The minimum atomic E-state index is -1.64. The third-order valence-electron chi connectivity index (χ3n) is 3.46. The number of nitrogens with zero attached hydrogens (tertiary/aromatic N) is 1.